The number of benzene rings is 2. The zero-order valence-electron chi connectivity index (χ0n) is 22.2. The van der Waals surface area contributed by atoms with Gasteiger partial charge in [0.15, 0.2) is 5.82 Å². The zero-order valence-corrected chi connectivity index (χ0v) is 22.2. The summed E-state index contributed by atoms with van der Waals surface area (Å²) >= 11 is 0. The Morgan fingerprint density at radius 1 is 1.07 bits per heavy atom. The Bertz CT molecular complexity index is 1800. The summed E-state index contributed by atoms with van der Waals surface area (Å²) in [6.45, 7) is 7.07. The molecular weight excluding hydrogens is 506 g/mol. The smallest absolute Gasteiger partial charge is 0.246 e. The SMILES string of the molecule is C=CC(=O)N1CC2CC1CN2c1ccc2ncnc(Nc3ccc(Oc4ccc5c(c4)nnn5C)c(C)c3)c2n1. The van der Waals surface area contributed by atoms with E-state index in [-0.39, 0.29) is 18.0 Å². The second-order valence-electron chi connectivity index (χ2n) is 10.2. The van der Waals surface area contributed by atoms with E-state index in [4.69, 9.17) is 9.72 Å². The lowest BCUT2D eigenvalue weighted by molar-refractivity contribution is -0.127. The number of rotatable bonds is 6. The number of aromatic nitrogens is 6. The van der Waals surface area contributed by atoms with Crippen molar-refractivity contribution in [3.8, 4) is 11.5 Å². The van der Waals surface area contributed by atoms with E-state index in [1.54, 1.807) is 4.68 Å². The highest BCUT2D eigenvalue weighted by Gasteiger charge is 2.45. The second kappa shape index (κ2) is 9.30. The van der Waals surface area contributed by atoms with Crippen LogP contribution in [-0.2, 0) is 11.8 Å². The molecule has 2 saturated heterocycles. The molecule has 2 aromatic carbocycles. The van der Waals surface area contributed by atoms with Crippen LogP contribution in [0, 0.1) is 6.92 Å². The molecule has 2 atom stereocenters. The first kappa shape index (κ1) is 24.0. The minimum atomic E-state index is -0.00297. The van der Waals surface area contributed by atoms with Gasteiger partial charge in [-0.15, -0.1) is 5.10 Å². The predicted molar refractivity (Wildman–Crippen MR) is 152 cm³/mol. The van der Waals surface area contributed by atoms with Gasteiger partial charge in [0.05, 0.1) is 23.1 Å². The van der Waals surface area contributed by atoms with Gasteiger partial charge < -0.3 is 19.9 Å². The van der Waals surface area contributed by atoms with Gasteiger partial charge in [0.1, 0.15) is 34.7 Å². The summed E-state index contributed by atoms with van der Waals surface area (Å²) in [7, 11) is 1.86. The van der Waals surface area contributed by atoms with Crippen molar-refractivity contribution in [2.45, 2.75) is 25.4 Å². The van der Waals surface area contributed by atoms with Crippen LogP contribution in [0.5, 0.6) is 11.5 Å². The normalized spacial score (nSPS) is 18.1. The molecule has 2 bridgehead atoms. The number of hydrogen-bond acceptors (Lipinski definition) is 9. The van der Waals surface area contributed by atoms with Gasteiger partial charge >= 0.3 is 0 Å². The van der Waals surface area contributed by atoms with Crippen LogP contribution in [0.2, 0.25) is 0 Å². The first-order valence-corrected chi connectivity index (χ1v) is 13.1. The Morgan fingerprint density at radius 2 is 1.98 bits per heavy atom. The summed E-state index contributed by atoms with van der Waals surface area (Å²) in [5.74, 6) is 2.93. The number of piperazine rings is 1. The largest absolute Gasteiger partial charge is 0.457 e. The molecule has 0 aliphatic carbocycles. The molecule has 40 heavy (non-hydrogen) atoms. The molecular formula is C29H27N9O2. The van der Waals surface area contributed by atoms with E-state index in [1.165, 1.54) is 12.4 Å². The van der Waals surface area contributed by atoms with E-state index < -0.39 is 0 Å². The predicted octanol–water partition coefficient (Wildman–Crippen LogP) is 4.13. The molecule has 2 fully saturated rings. The van der Waals surface area contributed by atoms with Crippen molar-refractivity contribution in [3.63, 3.8) is 0 Å². The number of ether oxygens (including phenoxy) is 1. The molecule has 2 aliphatic heterocycles. The van der Waals surface area contributed by atoms with Crippen LogP contribution in [0.4, 0.5) is 17.3 Å². The number of amides is 1. The van der Waals surface area contributed by atoms with Crippen molar-refractivity contribution in [1.82, 2.24) is 34.8 Å². The first-order valence-electron chi connectivity index (χ1n) is 13.1. The van der Waals surface area contributed by atoms with Gasteiger partial charge in [-0.25, -0.2) is 19.6 Å². The summed E-state index contributed by atoms with van der Waals surface area (Å²) in [5, 5.41) is 11.6. The topological polar surface area (TPSA) is 114 Å². The van der Waals surface area contributed by atoms with E-state index in [0.717, 1.165) is 52.3 Å². The highest BCUT2D eigenvalue weighted by atomic mass is 16.5. The van der Waals surface area contributed by atoms with Gasteiger partial charge in [0, 0.05) is 31.9 Å². The van der Waals surface area contributed by atoms with E-state index in [2.05, 4.69) is 37.1 Å². The molecule has 3 aromatic heterocycles. The fourth-order valence-electron chi connectivity index (χ4n) is 5.71. The Labute approximate surface area is 230 Å². The highest BCUT2D eigenvalue weighted by molar-refractivity contribution is 5.89. The third-order valence-corrected chi connectivity index (χ3v) is 7.71. The first-order chi connectivity index (χ1) is 19.5. The number of likely N-dealkylation sites (tertiary alicyclic amines) is 1. The van der Waals surface area contributed by atoms with Crippen LogP contribution in [0.15, 0.2) is 67.5 Å². The second-order valence-corrected chi connectivity index (χ2v) is 10.2. The monoisotopic (exact) mass is 533 g/mol. The lowest BCUT2D eigenvalue weighted by Gasteiger charge is -2.34. The van der Waals surface area contributed by atoms with E-state index in [1.807, 2.05) is 67.4 Å². The van der Waals surface area contributed by atoms with Gasteiger partial charge in [0.25, 0.3) is 0 Å². The third-order valence-electron chi connectivity index (χ3n) is 7.71. The summed E-state index contributed by atoms with van der Waals surface area (Å²) in [4.78, 5) is 30.2. The summed E-state index contributed by atoms with van der Waals surface area (Å²) in [6.07, 6.45) is 3.87. The number of anilines is 3. The lowest BCUT2D eigenvalue weighted by Crippen LogP contribution is -2.48. The van der Waals surface area contributed by atoms with E-state index in [9.17, 15) is 4.79 Å². The number of carbonyl (C=O) groups is 1. The standard InChI is InChI=1S/C29H27N9O2/c1-4-27(39)38-15-19-12-20(38)14-37(19)26-10-7-22-28(33-26)29(31-16-30-22)32-18-5-9-25(17(2)11-18)40-21-6-8-24-23(13-21)34-35-36(24)3/h4-11,13,16,19-20H,1,12,14-15H2,2-3H3,(H,30,31,32). The number of fused-ring (bicyclic) bond motifs is 4. The van der Waals surface area contributed by atoms with Crippen LogP contribution in [0.25, 0.3) is 22.1 Å². The molecule has 0 radical (unpaired) electrons. The number of carbonyl (C=O) groups excluding carboxylic acids is 1. The minimum Gasteiger partial charge on any atom is -0.457 e. The van der Waals surface area contributed by atoms with Gasteiger partial charge in [0.2, 0.25) is 5.91 Å². The molecule has 2 unspecified atom stereocenters. The fraction of sp³-hybridized carbons (Fsp3) is 0.241. The molecule has 1 N–H and O–H groups in total. The van der Waals surface area contributed by atoms with Crippen molar-refractivity contribution in [1.29, 1.82) is 0 Å². The lowest BCUT2D eigenvalue weighted by atomic mass is 10.2. The molecule has 7 rings (SSSR count). The average molecular weight is 534 g/mol. The van der Waals surface area contributed by atoms with Crippen molar-refractivity contribution in [2.24, 2.45) is 7.05 Å². The minimum absolute atomic E-state index is 0.00297. The molecule has 0 saturated carbocycles. The van der Waals surface area contributed by atoms with Crippen molar-refractivity contribution in [2.75, 3.05) is 23.3 Å². The maximum absolute atomic E-state index is 12.2. The summed E-state index contributed by atoms with van der Waals surface area (Å²) < 4.78 is 7.88. The van der Waals surface area contributed by atoms with Crippen LogP contribution >= 0.6 is 0 Å². The molecule has 1 amide bonds. The Morgan fingerprint density at radius 3 is 2.77 bits per heavy atom. The molecule has 11 heteroatoms. The highest BCUT2D eigenvalue weighted by Crippen LogP contribution is 2.35. The number of nitrogens with one attached hydrogen (secondary N) is 1. The van der Waals surface area contributed by atoms with E-state index in [0.29, 0.717) is 23.6 Å². The van der Waals surface area contributed by atoms with Crippen LogP contribution in [0.1, 0.15) is 12.0 Å². The Balaban J connectivity index is 1.11. The molecule has 2 aliphatic rings. The molecule has 5 aromatic rings. The van der Waals surface area contributed by atoms with Gasteiger partial charge in [-0.1, -0.05) is 11.8 Å². The van der Waals surface area contributed by atoms with Crippen molar-refractivity contribution in [3.05, 3.63) is 73.1 Å². The fourth-order valence-corrected chi connectivity index (χ4v) is 5.71. The molecule has 0 spiro atoms. The maximum atomic E-state index is 12.2. The van der Waals surface area contributed by atoms with Crippen molar-refractivity contribution >= 4 is 45.3 Å². The molecule has 11 nitrogen and oxygen atoms in total. The van der Waals surface area contributed by atoms with E-state index >= 15 is 0 Å². The third kappa shape index (κ3) is 4.06. The maximum Gasteiger partial charge on any atom is 0.246 e. The average Bonchev–Trinajstić information content (AvgIpc) is 3.69. The molecule has 5 heterocycles. The Hall–Kier alpha value is -5.06. The summed E-state index contributed by atoms with van der Waals surface area (Å²) in [5.41, 5.74) is 4.99. The van der Waals surface area contributed by atoms with Crippen LogP contribution in [0.3, 0.4) is 0 Å². The summed E-state index contributed by atoms with van der Waals surface area (Å²) in [6, 6.07) is 16.0. The number of pyridine rings is 1. The van der Waals surface area contributed by atoms with Gasteiger partial charge in [-0.2, -0.15) is 0 Å². The Kier molecular flexibility index (Phi) is 5.58. The number of nitrogens with zero attached hydrogens (tertiary/aromatic N) is 8. The molecule has 200 valence electrons. The quantitative estimate of drug-likeness (QED) is 0.322. The van der Waals surface area contributed by atoms with Crippen molar-refractivity contribution < 1.29 is 9.53 Å². The number of hydrogen-bond donors (Lipinski definition) is 1. The number of aryl methyl sites for hydroxylation is 2. The van der Waals surface area contributed by atoms with Crippen LogP contribution in [-0.4, -0.2) is 65.9 Å². The van der Waals surface area contributed by atoms with Crippen LogP contribution < -0.4 is 15.0 Å². The van der Waals surface area contributed by atoms with Gasteiger partial charge in [-0.3, -0.25) is 4.79 Å². The zero-order chi connectivity index (χ0) is 27.4. The van der Waals surface area contributed by atoms with Gasteiger partial charge in [-0.05, 0) is 67.4 Å².